The number of aromatic nitrogens is 2. The number of amides is 1. The van der Waals surface area contributed by atoms with Gasteiger partial charge in [0.05, 0.1) is 31.3 Å². The average Bonchev–Trinajstić information content (AvgIpc) is 2.74. The van der Waals surface area contributed by atoms with Crippen molar-refractivity contribution in [2.45, 2.75) is 25.8 Å². The molecule has 7 heteroatoms. The molecule has 0 bridgehead atoms. The van der Waals surface area contributed by atoms with Gasteiger partial charge in [-0.3, -0.25) is 9.59 Å². The Labute approximate surface area is 173 Å². The van der Waals surface area contributed by atoms with Crippen LogP contribution in [0.5, 0.6) is 5.75 Å². The van der Waals surface area contributed by atoms with E-state index in [9.17, 15) is 14.0 Å². The second-order valence-electron chi connectivity index (χ2n) is 7.33. The molecule has 30 heavy (non-hydrogen) atoms. The van der Waals surface area contributed by atoms with Crippen LogP contribution in [0.4, 0.5) is 4.39 Å². The van der Waals surface area contributed by atoms with E-state index in [1.54, 1.807) is 24.1 Å². The molecular formula is C23H22FN3O3. The van der Waals surface area contributed by atoms with Crippen LogP contribution in [-0.2, 0) is 30.6 Å². The van der Waals surface area contributed by atoms with Crippen molar-refractivity contribution in [2.24, 2.45) is 0 Å². The number of carbonyl (C=O) groups excluding carboxylic acids is 1. The highest BCUT2D eigenvalue weighted by atomic mass is 19.1. The van der Waals surface area contributed by atoms with Crippen molar-refractivity contribution in [1.29, 1.82) is 0 Å². The molecule has 0 unspecified atom stereocenters. The molecule has 1 aromatic heterocycles. The summed E-state index contributed by atoms with van der Waals surface area (Å²) >= 11 is 0. The van der Waals surface area contributed by atoms with Gasteiger partial charge >= 0.3 is 0 Å². The maximum atomic E-state index is 13.4. The van der Waals surface area contributed by atoms with Gasteiger partial charge in [0.1, 0.15) is 17.4 Å². The largest absolute Gasteiger partial charge is 0.497 e. The van der Waals surface area contributed by atoms with Gasteiger partial charge in [0.2, 0.25) is 5.91 Å². The van der Waals surface area contributed by atoms with Crippen LogP contribution in [0.15, 0.2) is 53.3 Å². The third-order valence-electron chi connectivity index (χ3n) is 5.25. The Kier molecular flexibility index (Phi) is 5.61. The number of hydrogen-bond donors (Lipinski definition) is 1. The molecule has 6 nitrogen and oxygen atoms in total. The lowest BCUT2D eigenvalue weighted by atomic mass is 10.0. The zero-order valence-electron chi connectivity index (χ0n) is 16.7. The Morgan fingerprint density at radius 1 is 1.20 bits per heavy atom. The van der Waals surface area contributed by atoms with Crippen molar-refractivity contribution < 1.29 is 13.9 Å². The molecule has 2 heterocycles. The van der Waals surface area contributed by atoms with Gasteiger partial charge in [-0.1, -0.05) is 24.3 Å². The van der Waals surface area contributed by atoms with E-state index in [2.05, 4.69) is 9.97 Å². The topological polar surface area (TPSA) is 75.3 Å². The number of fused-ring (bicyclic) bond motifs is 1. The summed E-state index contributed by atoms with van der Waals surface area (Å²) in [5, 5.41) is 0. The fourth-order valence-corrected chi connectivity index (χ4v) is 3.64. The quantitative estimate of drug-likeness (QED) is 0.706. The molecule has 1 aliphatic heterocycles. The number of methoxy groups -OCH3 is 1. The van der Waals surface area contributed by atoms with E-state index in [0.29, 0.717) is 36.5 Å². The van der Waals surface area contributed by atoms with Gasteiger partial charge in [-0.2, -0.15) is 0 Å². The third kappa shape index (κ3) is 4.40. The van der Waals surface area contributed by atoms with Gasteiger partial charge in [0.25, 0.3) is 5.56 Å². The zero-order chi connectivity index (χ0) is 21.1. The minimum absolute atomic E-state index is 0.0333. The second-order valence-corrected chi connectivity index (χ2v) is 7.33. The molecule has 0 atom stereocenters. The molecule has 1 N–H and O–H groups in total. The van der Waals surface area contributed by atoms with Crippen molar-refractivity contribution >= 4 is 5.91 Å². The van der Waals surface area contributed by atoms with Crippen LogP contribution in [0.1, 0.15) is 28.2 Å². The summed E-state index contributed by atoms with van der Waals surface area (Å²) in [6.07, 6.45) is 1.13. The van der Waals surface area contributed by atoms with Crippen molar-refractivity contribution in [3.8, 4) is 5.75 Å². The highest BCUT2D eigenvalue weighted by Crippen LogP contribution is 2.18. The van der Waals surface area contributed by atoms with Gasteiger partial charge in [0, 0.05) is 19.4 Å². The minimum Gasteiger partial charge on any atom is -0.497 e. The lowest BCUT2D eigenvalue weighted by molar-refractivity contribution is -0.131. The molecular weight excluding hydrogens is 385 g/mol. The predicted molar refractivity (Wildman–Crippen MR) is 110 cm³/mol. The molecule has 2 aromatic carbocycles. The summed E-state index contributed by atoms with van der Waals surface area (Å²) in [5.41, 5.74) is 2.62. The van der Waals surface area contributed by atoms with Crippen LogP contribution < -0.4 is 10.3 Å². The van der Waals surface area contributed by atoms with Crippen LogP contribution in [-0.4, -0.2) is 34.4 Å². The summed E-state index contributed by atoms with van der Waals surface area (Å²) in [4.78, 5) is 34.4. The summed E-state index contributed by atoms with van der Waals surface area (Å²) in [7, 11) is 1.60. The van der Waals surface area contributed by atoms with E-state index in [-0.39, 0.29) is 30.2 Å². The number of rotatable bonds is 5. The van der Waals surface area contributed by atoms with Crippen molar-refractivity contribution in [3.63, 3.8) is 0 Å². The Hall–Kier alpha value is -3.48. The van der Waals surface area contributed by atoms with E-state index in [1.807, 2.05) is 24.3 Å². The first-order chi connectivity index (χ1) is 14.5. The molecule has 4 rings (SSSR count). The molecule has 0 radical (unpaired) electrons. The van der Waals surface area contributed by atoms with E-state index in [1.165, 1.54) is 12.1 Å². The van der Waals surface area contributed by atoms with Crippen LogP contribution in [0.2, 0.25) is 0 Å². The maximum absolute atomic E-state index is 13.4. The van der Waals surface area contributed by atoms with E-state index >= 15 is 0 Å². The molecule has 0 saturated heterocycles. The normalized spacial score (nSPS) is 13.1. The van der Waals surface area contributed by atoms with Gasteiger partial charge < -0.3 is 14.6 Å². The summed E-state index contributed by atoms with van der Waals surface area (Å²) < 4.78 is 18.5. The first-order valence-corrected chi connectivity index (χ1v) is 9.78. The molecule has 3 aromatic rings. The monoisotopic (exact) mass is 407 g/mol. The lowest BCUT2D eigenvalue weighted by Gasteiger charge is -2.28. The maximum Gasteiger partial charge on any atom is 0.256 e. The number of halogens is 1. The first kappa shape index (κ1) is 19.8. The molecule has 0 saturated carbocycles. The average molecular weight is 407 g/mol. The van der Waals surface area contributed by atoms with E-state index in [0.717, 1.165) is 16.9 Å². The van der Waals surface area contributed by atoms with Crippen LogP contribution in [0, 0.1) is 5.82 Å². The molecule has 1 aliphatic rings. The second kappa shape index (κ2) is 8.49. The third-order valence-corrected chi connectivity index (χ3v) is 5.25. The number of hydrogen-bond acceptors (Lipinski definition) is 4. The van der Waals surface area contributed by atoms with Gasteiger partial charge in [-0.25, -0.2) is 9.37 Å². The fraction of sp³-hybridized carbons (Fsp3) is 0.261. The van der Waals surface area contributed by atoms with Crippen LogP contribution in [0.25, 0.3) is 0 Å². The van der Waals surface area contributed by atoms with Gasteiger partial charge in [0.15, 0.2) is 0 Å². The fourth-order valence-electron chi connectivity index (χ4n) is 3.64. The molecule has 0 fully saturated rings. The molecule has 0 aliphatic carbocycles. The van der Waals surface area contributed by atoms with Gasteiger partial charge in [-0.05, 0) is 35.4 Å². The van der Waals surface area contributed by atoms with Crippen molar-refractivity contribution in [3.05, 3.63) is 92.9 Å². The minimum atomic E-state index is -0.321. The number of nitrogens with zero attached hydrogens (tertiary/aromatic N) is 2. The Balaban J connectivity index is 1.46. The smallest absolute Gasteiger partial charge is 0.256 e. The lowest BCUT2D eigenvalue weighted by Crippen LogP contribution is -2.40. The van der Waals surface area contributed by atoms with Crippen molar-refractivity contribution in [1.82, 2.24) is 14.9 Å². The molecule has 1 amide bonds. The van der Waals surface area contributed by atoms with E-state index in [4.69, 9.17) is 4.74 Å². The van der Waals surface area contributed by atoms with E-state index < -0.39 is 0 Å². The zero-order valence-corrected chi connectivity index (χ0v) is 16.7. The highest BCUT2D eigenvalue weighted by molar-refractivity contribution is 5.79. The van der Waals surface area contributed by atoms with Gasteiger partial charge in [-0.15, -0.1) is 0 Å². The summed E-state index contributed by atoms with van der Waals surface area (Å²) in [5.74, 6) is 0.889. The first-order valence-electron chi connectivity index (χ1n) is 9.78. The van der Waals surface area contributed by atoms with Crippen LogP contribution >= 0.6 is 0 Å². The number of carbonyl (C=O) groups is 1. The molecule has 154 valence electrons. The Morgan fingerprint density at radius 2 is 2.00 bits per heavy atom. The van der Waals surface area contributed by atoms with Crippen LogP contribution in [0.3, 0.4) is 0 Å². The Morgan fingerprint density at radius 3 is 2.73 bits per heavy atom. The highest BCUT2D eigenvalue weighted by Gasteiger charge is 2.24. The summed E-state index contributed by atoms with van der Waals surface area (Å²) in [6.45, 7) is 0.755. The van der Waals surface area contributed by atoms with Crippen molar-refractivity contribution in [2.75, 3.05) is 13.7 Å². The number of H-pyrrole nitrogens is 1. The number of nitrogens with one attached hydrogen (secondary N) is 1. The SMILES string of the molecule is COc1ccc(CC(=O)N2CCc3nc(Cc4cccc(F)c4)[nH]c(=O)c3C2)cc1. The number of benzene rings is 2. The number of ether oxygens (including phenoxy) is 1. The summed E-state index contributed by atoms with van der Waals surface area (Å²) in [6, 6.07) is 13.6. The Bertz CT molecular complexity index is 1130. The molecule has 0 spiro atoms. The standard InChI is InChI=1S/C23H22FN3O3/c1-30-18-7-5-15(6-8-18)13-22(28)27-10-9-20-19(14-27)23(29)26-21(25-20)12-16-3-2-4-17(24)11-16/h2-8,11H,9-10,12-14H2,1H3,(H,25,26,29). The predicted octanol–water partition coefficient (Wildman–Crippen LogP) is 2.64. The number of aromatic amines is 1.